The number of rotatable bonds is 5. The van der Waals surface area contributed by atoms with Gasteiger partial charge in [0.05, 0.1) is 11.9 Å². The Morgan fingerprint density at radius 2 is 2.26 bits per heavy atom. The van der Waals surface area contributed by atoms with Crippen molar-refractivity contribution in [2.45, 2.75) is 18.9 Å². The van der Waals surface area contributed by atoms with Crippen molar-refractivity contribution in [3.8, 4) is 0 Å². The standard InChI is InChI=1S/C15H16O3S/c16-13(10-19-9-12-5-3-7-17-12)15-8-11-4-1-2-6-14(11)18-15/h1-2,4,6,8,12H,3,5,7,9-10H2. The Hall–Kier alpha value is -1.26. The third-order valence-electron chi connectivity index (χ3n) is 3.26. The molecule has 0 saturated carbocycles. The molecule has 0 spiro atoms. The minimum absolute atomic E-state index is 0.0548. The zero-order valence-corrected chi connectivity index (χ0v) is 11.4. The second kappa shape index (κ2) is 5.80. The maximum atomic E-state index is 12.0. The van der Waals surface area contributed by atoms with Crippen molar-refractivity contribution in [1.29, 1.82) is 0 Å². The van der Waals surface area contributed by atoms with Gasteiger partial charge in [0.25, 0.3) is 0 Å². The molecular weight excluding hydrogens is 260 g/mol. The number of carbonyl (C=O) groups excluding carboxylic acids is 1. The Kier molecular flexibility index (Phi) is 3.89. The Bertz CT molecular complexity index is 537. The van der Waals surface area contributed by atoms with Gasteiger partial charge in [0, 0.05) is 17.7 Å². The summed E-state index contributed by atoms with van der Waals surface area (Å²) in [6.45, 7) is 0.864. The van der Waals surface area contributed by atoms with Crippen LogP contribution in [0.4, 0.5) is 0 Å². The zero-order chi connectivity index (χ0) is 13.1. The van der Waals surface area contributed by atoms with E-state index in [1.54, 1.807) is 11.8 Å². The molecule has 0 radical (unpaired) electrons. The van der Waals surface area contributed by atoms with E-state index in [1.807, 2.05) is 30.3 Å². The highest BCUT2D eigenvalue weighted by Gasteiger charge is 2.17. The van der Waals surface area contributed by atoms with Crippen molar-refractivity contribution < 1.29 is 13.9 Å². The lowest BCUT2D eigenvalue weighted by Crippen LogP contribution is -2.10. The topological polar surface area (TPSA) is 39.4 Å². The van der Waals surface area contributed by atoms with Crippen molar-refractivity contribution in [1.82, 2.24) is 0 Å². The van der Waals surface area contributed by atoms with Crippen molar-refractivity contribution in [3.63, 3.8) is 0 Å². The van der Waals surface area contributed by atoms with Crippen molar-refractivity contribution in [2.75, 3.05) is 18.1 Å². The first-order valence-electron chi connectivity index (χ1n) is 6.54. The number of hydrogen-bond acceptors (Lipinski definition) is 4. The van der Waals surface area contributed by atoms with Crippen LogP contribution in [0, 0.1) is 0 Å². The number of para-hydroxylation sites is 1. The predicted molar refractivity (Wildman–Crippen MR) is 76.8 cm³/mol. The number of carbonyl (C=O) groups is 1. The first-order valence-corrected chi connectivity index (χ1v) is 7.69. The van der Waals surface area contributed by atoms with E-state index in [0.717, 1.165) is 36.2 Å². The van der Waals surface area contributed by atoms with E-state index >= 15 is 0 Å². The van der Waals surface area contributed by atoms with E-state index in [-0.39, 0.29) is 5.78 Å². The molecule has 4 heteroatoms. The maximum absolute atomic E-state index is 12.0. The van der Waals surface area contributed by atoms with Crippen LogP contribution in [0.1, 0.15) is 23.4 Å². The van der Waals surface area contributed by atoms with Crippen LogP contribution in [-0.2, 0) is 4.74 Å². The number of thioether (sulfide) groups is 1. The van der Waals surface area contributed by atoms with Crippen LogP contribution < -0.4 is 0 Å². The minimum atomic E-state index is 0.0548. The molecule has 1 aliphatic heterocycles. The first kappa shape index (κ1) is 12.8. The van der Waals surface area contributed by atoms with E-state index in [4.69, 9.17) is 9.15 Å². The molecule has 1 atom stereocenters. The molecule has 1 unspecified atom stereocenters. The molecule has 0 N–H and O–H groups in total. The van der Waals surface area contributed by atoms with E-state index < -0.39 is 0 Å². The van der Waals surface area contributed by atoms with Gasteiger partial charge in [0.15, 0.2) is 5.76 Å². The zero-order valence-electron chi connectivity index (χ0n) is 10.6. The van der Waals surface area contributed by atoms with Crippen molar-refractivity contribution in [3.05, 3.63) is 36.1 Å². The smallest absolute Gasteiger partial charge is 0.207 e. The second-order valence-corrected chi connectivity index (χ2v) is 5.75. The van der Waals surface area contributed by atoms with Crippen LogP contribution in [0.2, 0.25) is 0 Å². The number of benzene rings is 1. The van der Waals surface area contributed by atoms with Crippen LogP contribution in [0.3, 0.4) is 0 Å². The highest BCUT2D eigenvalue weighted by molar-refractivity contribution is 8.00. The quantitative estimate of drug-likeness (QED) is 0.783. The Morgan fingerprint density at radius 3 is 3.05 bits per heavy atom. The monoisotopic (exact) mass is 276 g/mol. The van der Waals surface area contributed by atoms with Crippen LogP contribution in [-0.4, -0.2) is 30.0 Å². The molecule has 0 bridgehead atoms. The van der Waals surface area contributed by atoms with Crippen molar-refractivity contribution >= 4 is 28.5 Å². The summed E-state index contributed by atoms with van der Waals surface area (Å²) in [6.07, 6.45) is 2.59. The maximum Gasteiger partial charge on any atom is 0.207 e. The van der Waals surface area contributed by atoms with Gasteiger partial charge >= 0.3 is 0 Å². The van der Waals surface area contributed by atoms with E-state index in [2.05, 4.69) is 0 Å². The average molecular weight is 276 g/mol. The van der Waals surface area contributed by atoms with E-state index in [0.29, 0.717) is 17.6 Å². The fraction of sp³-hybridized carbons (Fsp3) is 0.400. The van der Waals surface area contributed by atoms with Gasteiger partial charge in [-0.2, -0.15) is 11.8 Å². The lowest BCUT2D eigenvalue weighted by Gasteiger charge is -2.07. The Balaban J connectivity index is 1.57. The molecule has 1 aliphatic rings. The van der Waals surface area contributed by atoms with Gasteiger partial charge in [-0.15, -0.1) is 0 Å². The molecule has 0 amide bonds. The lowest BCUT2D eigenvalue weighted by atomic mass is 10.2. The van der Waals surface area contributed by atoms with Gasteiger partial charge in [-0.3, -0.25) is 4.79 Å². The summed E-state index contributed by atoms with van der Waals surface area (Å²) in [6, 6.07) is 9.51. The molecule has 0 aliphatic carbocycles. The molecule has 1 aromatic heterocycles. The van der Waals surface area contributed by atoms with Gasteiger partial charge in [0.1, 0.15) is 5.58 Å². The molecule has 1 aromatic carbocycles. The number of fused-ring (bicyclic) bond motifs is 1. The van der Waals surface area contributed by atoms with Gasteiger partial charge < -0.3 is 9.15 Å². The Labute approximate surface area is 116 Å². The van der Waals surface area contributed by atoms with Crippen molar-refractivity contribution in [2.24, 2.45) is 0 Å². The largest absolute Gasteiger partial charge is 0.453 e. The van der Waals surface area contributed by atoms with Gasteiger partial charge in [0.2, 0.25) is 5.78 Å². The Morgan fingerprint density at radius 1 is 1.37 bits per heavy atom. The number of Topliss-reactive ketones (excluding diaryl/α,β-unsaturated/α-hetero) is 1. The summed E-state index contributed by atoms with van der Waals surface area (Å²) >= 11 is 1.63. The highest BCUT2D eigenvalue weighted by Crippen LogP contribution is 2.21. The number of ketones is 1. The molecule has 100 valence electrons. The van der Waals surface area contributed by atoms with Gasteiger partial charge in [-0.05, 0) is 25.0 Å². The second-order valence-electron chi connectivity index (χ2n) is 4.72. The van der Waals surface area contributed by atoms with Gasteiger partial charge in [-0.25, -0.2) is 0 Å². The number of furan rings is 1. The summed E-state index contributed by atoms with van der Waals surface area (Å²) in [5.74, 6) is 1.87. The molecule has 3 rings (SSSR count). The fourth-order valence-corrected chi connectivity index (χ4v) is 3.22. The number of hydrogen-bond donors (Lipinski definition) is 0. The molecule has 1 fully saturated rings. The third kappa shape index (κ3) is 3.01. The molecule has 2 aromatic rings. The van der Waals surface area contributed by atoms with Gasteiger partial charge in [-0.1, -0.05) is 18.2 Å². The third-order valence-corrected chi connectivity index (χ3v) is 4.34. The van der Waals surface area contributed by atoms with Crippen LogP contribution in [0.15, 0.2) is 34.7 Å². The number of ether oxygens (including phenoxy) is 1. The van der Waals surface area contributed by atoms with Crippen LogP contribution >= 0.6 is 11.8 Å². The minimum Gasteiger partial charge on any atom is -0.453 e. The summed E-state index contributed by atoms with van der Waals surface area (Å²) in [7, 11) is 0. The molecule has 3 nitrogen and oxygen atoms in total. The summed E-state index contributed by atoms with van der Waals surface area (Å²) in [5, 5.41) is 0.981. The normalized spacial score (nSPS) is 19.1. The highest BCUT2D eigenvalue weighted by atomic mass is 32.2. The lowest BCUT2D eigenvalue weighted by molar-refractivity contribution is 0.0994. The van der Waals surface area contributed by atoms with E-state index in [9.17, 15) is 4.79 Å². The summed E-state index contributed by atoms with van der Waals surface area (Å²) in [5.41, 5.74) is 0.773. The van der Waals surface area contributed by atoms with Crippen LogP contribution in [0.25, 0.3) is 11.0 Å². The summed E-state index contributed by atoms with van der Waals surface area (Å²) in [4.78, 5) is 12.0. The predicted octanol–water partition coefficient (Wildman–Crippen LogP) is 3.53. The fourth-order valence-electron chi connectivity index (χ4n) is 2.25. The average Bonchev–Trinajstić information content (AvgIpc) is 3.07. The molecule has 2 heterocycles. The van der Waals surface area contributed by atoms with Crippen LogP contribution in [0.5, 0.6) is 0 Å². The van der Waals surface area contributed by atoms with E-state index in [1.165, 1.54) is 0 Å². The SMILES string of the molecule is O=C(CSCC1CCCO1)c1cc2ccccc2o1. The first-order chi connectivity index (χ1) is 9.33. The molecule has 19 heavy (non-hydrogen) atoms. The summed E-state index contributed by atoms with van der Waals surface area (Å²) < 4.78 is 11.1. The molecule has 1 saturated heterocycles. The molecular formula is C15H16O3S.